The third-order valence-corrected chi connectivity index (χ3v) is 3.14. The molecule has 0 aliphatic rings. The Balaban J connectivity index is 2.31. The van der Waals surface area contributed by atoms with Crippen LogP contribution in [0.3, 0.4) is 0 Å². The summed E-state index contributed by atoms with van der Waals surface area (Å²) in [4.78, 5) is 5.23. The maximum atomic E-state index is 5.66. The summed E-state index contributed by atoms with van der Waals surface area (Å²) in [7, 11) is 0. The molecule has 0 atom stereocenters. The van der Waals surface area contributed by atoms with Crippen molar-refractivity contribution in [2.45, 2.75) is 6.54 Å². The van der Waals surface area contributed by atoms with Gasteiger partial charge in [-0.2, -0.15) is 0 Å². The van der Waals surface area contributed by atoms with E-state index in [2.05, 4.69) is 4.98 Å². The van der Waals surface area contributed by atoms with Gasteiger partial charge in [-0.25, -0.2) is 4.98 Å². The number of furan rings is 1. The number of hydrogen-bond donors (Lipinski definition) is 1. The molecule has 3 aromatic rings. The monoisotopic (exact) mass is 219 g/mol. The van der Waals surface area contributed by atoms with E-state index in [0.717, 1.165) is 22.1 Å². The molecule has 0 saturated heterocycles. The van der Waals surface area contributed by atoms with Crippen molar-refractivity contribution in [1.82, 2.24) is 9.38 Å². The Morgan fingerprint density at radius 3 is 3.20 bits per heavy atom. The van der Waals surface area contributed by atoms with Crippen LogP contribution >= 0.6 is 11.3 Å². The highest BCUT2D eigenvalue weighted by atomic mass is 32.1. The van der Waals surface area contributed by atoms with Crippen LogP contribution in [0.2, 0.25) is 0 Å². The summed E-state index contributed by atoms with van der Waals surface area (Å²) in [5.74, 6) is 0.842. The van der Waals surface area contributed by atoms with Gasteiger partial charge in [-0.3, -0.25) is 4.40 Å². The van der Waals surface area contributed by atoms with Crippen LogP contribution in [0.4, 0.5) is 0 Å². The van der Waals surface area contributed by atoms with Gasteiger partial charge in [0.15, 0.2) is 10.7 Å². The standard InChI is InChI=1S/C10H9N3OS/c11-4-7-5-12-10-13(7)8(6-15-10)9-2-1-3-14-9/h1-3,5-6H,4,11H2. The maximum Gasteiger partial charge on any atom is 0.194 e. The number of fused-ring (bicyclic) bond motifs is 1. The second kappa shape index (κ2) is 3.22. The smallest absolute Gasteiger partial charge is 0.194 e. The van der Waals surface area contributed by atoms with E-state index < -0.39 is 0 Å². The lowest BCUT2D eigenvalue weighted by molar-refractivity contribution is 0.579. The second-order valence-corrected chi connectivity index (χ2v) is 4.01. The molecule has 0 aliphatic heterocycles. The first-order valence-corrected chi connectivity index (χ1v) is 5.46. The molecule has 0 unspecified atom stereocenters. The van der Waals surface area contributed by atoms with Crippen molar-refractivity contribution in [2.24, 2.45) is 5.73 Å². The minimum atomic E-state index is 0.478. The average molecular weight is 219 g/mol. The quantitative estimate of drug-likeness (QED) is 0.718. The molecule has 0 amide bonds. The minimum absolute atomic E-state index is 0.478. The van der Waals surface area contributed by atoms with E-state index in [4.69, 9.17) is 10.2 Å². The van der Waals surface area contributed by atoms with E-state index in [9.17, 15) is 0 Å². The Labute approximate surface area is 90.0 Å². The fraction of sp³-hybridized carbons (Fsp3) is 0.100. The van der Waals surface area contributed by atoms with Gasteiger partial charge >= 0.3 is 0 Å². The predicted octanol–water partition coefficient (Wildman–Crippen LogP) is 2.11. The molecule has 3 aromatic heterocycles. The van der Waals surface area contributed by atoms with E-state index in [1.165, 1.54) is 0 Å². The van der Waals surface area contributed by atoms with Crippen molar-refractivity contribution >= 4 is 16.3 Å². The Morgan fingerprint density at radius 1 is 1.53 bits per heavy atom. The molecule has 0 fully saturated rings. The number of imidazole rings is 1. The molecule has 0 saturated carbocycles. The van der Waals surface area contributed by atoms with Gasteiger partial charge in [-0.15, -0.1) is 11.3 Å². The van der Waals surface area contributed by atoms with Gasteiger partial charge < -0.3 is 10.2 Å². The molecule has 0 aliphatic carbocycles. The first kappa shape index (κ1) is 8.70. The van der Waals surface area contributed by atoms with Gasteiger partial charge in [0.25, 0.3) is 0 Å². The van der Waals surface area contributed by atoms with Crippen LogP contribution in [0.5, 0.6) is 0 Å². The van der Waals surface area contributed by atoms with E-state index in [1.807, 2.05) is 21.9 Å². The molecule has 5 heteroatoms. The van der Waals surface area contributed by atoms with Crippen LogP contribution < -0.4 is 5.73 Å². The summed E-state index contributed by atoms with van der Waals surface area (Å²) in [5.41, 5.74) is 7.66. The Hall–Kier alpha value is -1.59. The lowest BCUT2D eigenvalue weighted by atomic mass is 10.3. The zero-order valence-corrected chi connectivity index (χ0v) is 8.70. The Bertz CT molecular complexity index is 579. The molecule has 15 heavy (non-hydrogen) atoms. The number of aromatic nitrogens is 2. The summed E-state index contributed by atoms with van der Waals surface area (Å²) in [5, 5.41) is 2.03. The third-order valence-electron chi connectivity index (χ3n) is 2.30. The van der Waals surface area contributed by atoms with Crippen LogP contribution in [0.15, 0.2) is 34.4 Å². The predicted molar refractivity (Wildman–Crippen MR) is 58.7 cm³/mol. The molecule has 3 rings (SSSR count). The van der Waals surface area contributed by atoms with Crippen LogP contribution in [-0.4, -0.2) is 9.38 Å². The van der Waals surface area contributed by atoms with Crippen LogP contribution in [0, 0.1) is 0 Å². The Morgan fingerprint density at radius 2 is 2.47 bits per heavy atom. The number of nitrogens with zero attached hydrogens (tertiary/aromatic N) is 2. The molecule has 2 N–H and O–H groups in total. The summed E-state index contributed by atoms with van der Waals surface area (Å²) in [6.45, 7) is 0.478. The fourth-order valence-electron chi connectivity index (χ4n) is 1.61. The number of rotatable bonds is 2. The number of thiazole rings is 1. The molecule has 0 bridgehead atoms. The minimum Gasteiger partial charge on any atom is -0.463 e. The number of nitrogens with two attached hydrogens (primary N) is 1. The van der Waals surface area contributed by atoms with Crippen LogP contribution in [0.25, 0.3) is 16.4 Å². The normalized spacial score (nSPS) is 11.3. The van der Waals surface area contributed by atoms with Crippen molar-refractivity contribution in [2.75, 3.05) is 0 Å². The van der Waals surface area contributed by atoms with E-state index in [-0.39, 0.29) is 0 Å². The molecular formula is C10H9N3OS. The zero-order valence-electron chi connectivity index (χ0n) is 7.88. The first-order chi connectivity index (χ1) is 7.40. The van der Waals surface area contributed by atoms with Crippen molar-refractivity contribution in [1.29, 1.82) is 0 Å². The lowest BCUT2D eigenvalue weighted by Gasteiger charge is -1.98. The molecule has 76 valence electrons. The van der Waals surface area contributed by atoms with E-state index >= 15 is 0 Å². The lowest BCUT2D eigenvalue weighted by Crippen LogP contribution is -2.00. The largest absolute Gasteiger partial charge is 0.463 e. The summed E-state index contributed by atoms with van der Waals surface area (Å²) >= 11 is 1.58. The summed E-state index contributed by atoms with van der Waals surface area (Å²) < 4.78 is 7.40. The summed E-state index contributed by atoms with van der Waals surface area (Å²) in [6.07, 6.45) is 3.47. The number of hydrogen-bond acceptors (Lipinski definition) is 4. The molecule has 3 heterocycles. The van der Waals surface area contributed by atoms with Crippen LogP contribution in [-0.2, 0) is 6.54 Å². The highest BCUT2D eigenvalue weighted by Crippen LogP contribution is 2.27. The fourth-order valence-corrected chi connectivity index (χ4v) is 2.48. The van der Waals surface area contributed by atoms with Gasteiger partial charge in [0.2, 0.25) is 0 Å². The van der Waals surface area contributed by atoms with Gasteiger partial charge in [0, 0.05) is 11.9 Å². The SMILES string of the molecule is NCc1cnc2scc(-c3ccco3)n12. The van der Waals surface area contributed by atoms with Crippen molar-refractivity contribution < 1.29 is 4.42 Å². The van der Waals surface area contributed by atoms with Gasteiger partial charge in [-0.1, -0.05) is 0 Å². The Kier molecular flexibility index (Phi) is 1.87. The first-order valence-electron chi connectivity index (χ1n) is 4.58. The highest BCUT2D eigenvalue weighted by Gasteiger charge is 2.12. The van der Waals surface area contributed by atoms with E-state index in [0.29, 0.717) is 6.54 Å². The molecule has 4 nitrogen and oxygen atoms in total. The van der Waals surface area contributed by atoms with Crippen molar-refractivity contribution in [3.63, 3.8) is 0 Å². The van der Waals surface area contributed by atoms with Gasteiger partial charge in [0.1, 0.15) is 5.69 Å². The highest BCUT2D eigenvalue weighted by molar-refractivity contribution is 7.15. The van der Waals surface area contributed by atoms with E-state index in [1.54, 1.807) is 23.8 Å². The van der Waals surface area contributed by atoms with Crippen molar-refractivity contribution in [3.8, 4) is 11.5 Å². The topological polar surface area (TPSA) is 56.5 Å². The van der Waals surface area contributed by atoms with Gasteiger partial charge in [-0.05, 0) is 12.1 Å². The molecule has 0 aromatic carbocycles. The molecule has 0 spiro atoms. The second-order valence-electron chi connectivity index (χ2n) is 3.17. The van der Waals surface area contributed by atoms with Crippen LogP contribution in [0.1, 0.15) is 5.69 Å². The summed E-state index contributed by atoms with van der Waals surface area (Å²) in [6, 6.07) is 3.81. The maximum absolute atomic E-state index is 5.66. The van der Waals surface area contributed by atoms with Crippen molar-refractivity contribution in [3.05, 3.63) is 35.7 Å². The average Bonchev–Trinajstić information content (AvgIpc) is 2.94. The molecule has 0 radical (unpaired) electrons. The molecular weight excluding hydrogens is 210 g/mol. The zero-order chi connectivity index (χ0) is 10.3. The van der Waals surface area contributed by atoms with Gasteiger partial charge in [0.05, 0.1) is 18.2 Å². The third kappa shape index (κ3) is 1.20.